The smallest absolute Gasteiger partial charge is 0.330 e. The van der Waals surface area contributed by atoms with Crippen molar-refractivity contribution in [2.45, 2.75) is 38.1 Å². The Bertz CT molecular complexity index is 531. The van der Waals surface area contributed by atoms with Gasteiger partial charge in [0.25, 0.3) is 0 Å². The average Bonchev–Trinajstić information content (AvgIpc) is 2.97. The van der Waals surface area contributed by atoms with Crippen LogP contribution < -0.4 is 0 Å². The lowest BCUT2D eigenvalue weighted by Gasteiger charge is -2.33. The predicted molar refractivity (Wildman–Crippen MR) is 88.4 cm³/mol. The third-order valence-corrected chi connectivity index (χ3v) is 5.02. The largest absolute Gasteiger partial charge is 0.466 e. The molecule has 0 N–H and O–H groups in total. The first-order valence-corrected chi connectivity index (χ1v) is 8.36. The van der Waals surface area contributed by atoms with Gasteiger partial charge in [0, 0.05) is 18.7 Å². The molecular weight excluding hydrogens is 274 g/mol. The minimum atomic E-state index is -0.313. The number of esters is 1. The van der Waals surface area contributed by atoms with Crippen LogP contribution >= 0.6 is 0 Å². The maximum absolute atomic E-state index is 11.1. The maximum atomic E-state index is 11.1. The number of benzene rings is 1. The number of likely N-dealkylation sites (tertiary alicyclic amines) is 1. The summed E-state index contributed by atoms with van der Waals surface area (Å²) in [6.07, 6.45) is 10.1. The molecule has 1 aliphatic carbocycles. The Hall–Kier alpha value is -1.61. The average molecular weight is 299 g/mol. The fourth-order valence-corrected chi connectivity index (χ4v) is 3.49. The molecule has 2 aliphatic rings. The molecule has 0 amide bonds. The molecule has 0 aromatic heterocycles. The van der Waals surface area contributed by atoms with Crippen molar-refractivity contribution in [1.29, 1.82) is 0 Å². The number of ether oxygens (including phenoxy) is 1. The Morgan fingerprint density at radius 3 is 2.64 bits per heavy atom. The molecule has 118 valence electrons. The monoisotopic (exact) mass is 299 g/mol. The number of hydrogen-bond acceptors (Lipinski definition) is 3. The number of carbonyl (C=O) groups is 1. The summed E-state index contributed by atoms with van der Waals surface area (Å²) < 4.78 is 4.61. The van der Waals surface area contributed by atoms with E-state index in [-0.39, 0.29) is 5.97 Å². The summed E-state index contributed by atoms with van der Waals surface area (Å²) in [6.45, 7) is 2.51. The zero-order chi connectivity index (χ0) is 15.4. The van der Waals surface area contributed by atoms with E-state index >= 15 is 0 Å². The van der Waals surface area contributed by atoms with Gasteiger partial charge in [-0.15, -0.1) is 0 Å². The second-order valence-corrected chi connectivity index (χ2v) is 6.47. The number of rotatable bonds is 5. The second kappa shape index (κ2) is 7.10. The maximum Gasteiger partial charge on any atom is 0.330 e. The lowest BCUT2D eigenvalue weighted by molar-refractivity contribution is -0.134. The van der Waals surface area contributed by atoms with Crippen molar-refractivity contribution in [2.24, 2.45) is 5.92 Å². The summed E-state index contributed by atoms with van der Waals surface area (Å²) in [7, 11) is 1.40. The highest BCUT2D eigenvalue weighted by Gasteiger charge is 2.29. The Labute approximate surface area is 133 Å². The molecule has 22 heavy (non-hydrogen) atoms. The van der Waals surface area contributed by atoms with Crippen LogP contribution in [-0.2, 0) is 9.53 Å². The van der Waals surface area contributed by atoms with E-state index < -0.39 is 0 Å². The first kappa shape index (κ1) is 15.3. The van der Waals surface area contributed by atoms with Crippen LogP contribution in [0.15, 0.2) is 30.3 Å². The standard InChI is InChI=1S/C19H25NO2/c1-22-19(21)12-9-15-7-10-17(11-8-15)18-6-3-13-20(18)14-16-4-2-5-16/h7-12,16,18H,2-6,13-14H2,1H3/t18-/m0/s1. The van der Waals surface area contributed by atoms with Gasteiger partial charge in [0.2, 0.25) is 0 Å². The minimum Gasteiger partial charge on any atom is -0.466 e. The molecule has 1 heterocycles. The molecule has 2 fully saturated rings. The number of carbonyl (C=O) groups excluding carboxylic acids is 1. The highest BCUT2D eigenvalue weighted by molar-refractivity contribution is 5.86. The van der Waals surface area contributed by atoms with Gasteiger partial charge in [-0.05, 0) is 55.3 Å². The molecule has 1 saturated heterocycles. The van der Waals surface area contributed by atoms with E-state index in [1.165, 1.54) is 63.9 Å². The molecule has 1 aromatic rings. The molecule has 3 nitrogen and oxygen atoms in total. The minimum absolute atomic E-state index is 0.313. The molecule has 1 saturated carbocycles. The fourth-order valence-electron chi connectivity index (χ4n) is 3.49. The van der Waals surface area contributed by atoms with Crippen LogP contribution in [0.25, 0.3) is 6.08 Å². The summed E-state index contributed by atoms with van der Waals surface area (Å²) in [5.41, 5.74) is 2.45. The molecule has 1 aromatic carbocycles. The third-order valence-electron chi connectivity index (χ3n) is 5.02. The SMILES string of the molecule is COC(=O)C=Cc1ccc([C@@H]2CCCN2CC2CCC2)cc1. The first-order valence-electron chi connectivity index (χ1n) is 8.36. The Morgan fingerprint density at radius 2 is 2.00 bits per heavy atom. The molecule has 1 atom stereocenters. The zero-order valence-corrected chi connectivity index (χ0v) is 13.3. The van der Waals surface area contributed by atoms with E-state index in [1.807, 2.05) is 0 Å². The van der Waals surface area contributed by atoms with E-state index in [1.54, 1.807) is 6.08 Å². The van der Waals surface area contributed by atoms with Crippen LogP contribution in [0, 0.1) is 5.92 Å². The number of methoxy groups -OCH3 is 1. The molecule has 0 unspecified atom stereocenters. The molecule has 0 radical (unpaired) electrons. The topological polar surface area (TPSA) is 29.5 Å². The third kappa shape index (κ3) is 3.58. The van der Waals surface area contributed by atoms with Crippen molar-refractivity contribution in [3.63, 3.8) is 0 Å². The van der Waals surface area contributed by atoms with Crippen LogP contribution in [0.5, 0.6) is 0 Å². The Kier molecular flexibility index (Phi) is 4.94. The number of hydrogen-bond donors (Lipinski definition) is 0. The first-order chi connectivity index (χ1) is 10.8. The van der Waals surface area contributed by atoms with E-state index in [0.717, 1.165) is 11.5 Å². The van der Waals surface area contributed by atoms with Crippen molar-refractivity contribution >= 4 is 12.0 Å². The normalized spacial score (nSPS) is 22.9. The van der Waals surface area contributed by atoms with Crippen molar-refractivity contribution in [2.75, 3.05) is 20.2 Å². The van der Waals surface area contributed by atoms with Crippen molar-refractivity contribution in [1.82, 2.24) is 4.90 Å². The number of nitrogens with zero attached hydrogens (tertiary/aromatic N) is 1. The Morgan fingerprint density at radius 1 is 1.23 bits per heavy atom. The second-order valence-electron chi connectivity index (χ2n) is 6.47. The van der Waals surface area contributed by atoms with E-state index in [2.05, 4.69) is 33.9 Å². The molecule has 0 spiro atoms. The van der Waals surface area contributed by atoms with E-state index in [4.69, 9.17) is 0 Å². The van der Waals surface area contributed by atoms with E-state index in [9.17, 15) is 4.79 Å². The van der Waals surface area contributed by atoms with Gasteiger partial charge in [0.1, 0.15) is 0 Å². The highest BCUT2D eigenvalue weighted by atomic mass is 16.5. The van der Waals surface area contributed by atoms with Crippen LogP contribution in [0.2, 0.25) is 0 Å². The highest BCUT2D eigenvalue weighted by Crippen LogP contribution is 2.36. The van der Waals surface area contributed by atoms with Crippen LogP contribution in [-0.4, -0.2) is 31.1 Å². The lowest BCUT2D eigenvalue weighted by Crippen LogP contribution is -2.32. The molecule has 3 rings (SSSR count). The van der Waals surface area contributed by atoms with Gasteiger partial charge >= 0.3 is 5.97 Å². The summed E-state index contributed by atoms with van der Waals surface area (Å²) in [4.78, 5) is 13.8. The van der Waals surface area contributed by atoms with Crippen LogP contribution in [0.1, 0.15) is 49.3 Å². The molecule has 0 bridgehead atoms. The van der Waals surface area contributed by atoms with Gasteiger partial charge in [0.05, 0.1) is 7.11 Å². The summed E-state index contributed by atoms with van der Waals surface area (Å²) >= 11 is 0. The molecular formula is C19H25NO2. The van der Waals surface area contributed by atoms with Gasteiger partial charge in [0.15, 0.2) is 0 Å². The van der Waals surface area contributed by atoms with Crippen molar-refractivity contribution in [3.05, 3.63) is 41.5 Å². The van der Waals surface area contributed by atoms with Crippen molar-refractivity contribution < 1.29 is 9.53 Å². The lowest BCUT2D eigenvalue weighted by atomic mass is 9.85. The fraction of sp³-hybridized carbons (Fsp3) is 0.526. The van der Waals surface area contributed by atoms with E-state index in [0.29, 0.717) is 6.04 Å². The molecule has 1 aliphatic heterocycles. The summed E-state index contributed by atoms with van der Waals surface area (Å²) in [6, 6.07) is 9.18. The van der Waals surface area contributed by atoms with Crippen LogP contribution in [0.3, 0.4) is 0 Å². The van der Waals surface area contributed by atoms with Gasteiger partial charge in [-0.1, -0.05) is 30.7 Å². The van der Waals surface area contributed by atoms with Crippen LogP contribution in [0.4, 0.5) is 0 Å². The predicted octanol–water partition coefficient (Wildman–Crippen LogP) is 3.81. The molecule has 3 heteroatoms. The van der Waals surface area contributed by atoms with Crippen molar-refractivity contribution in [3.8, 4) is 0 Å². The Balaban J connectivity index is 1.63. The summed E-state index contributed by atoms with van der Waals surface area (Å²) in [5, 5.41) is 0. The van der Waals surface area contributed by atoms with Gasteiger partial charge in [-0.2, -0.15) is 0 Å². The van der Waals surface area contributed by atoms with Gasteiger partial charge in [-0.3, -0.25) is 4.90 Å². The van der Waals surface area contributed by atoms with Gasteiger partial charge < -0.3 is 4.74 Å². The zero-order valence-electron chi connectivity index (χ0n) is 13.3. The summed E-state index contributed by atoms with van der Waals surface area (Å²) in [5.74, 6) is 0.620. The quantitative estimate of drug-likeness (QED) is 0.611. The van der Waals surface area contributed by atoms with Gasteiger partial charge in [-0.25, -0.2) is 4.79 Å².